The molecule has 0 heterocycles. The Balaban J connectivity index is 0. The van der Waals surface area contributed by atoms with Gasteiger partial charge in [-0.05, 0) is 6.92 Å². The van der Waals surface area contributed by atoms with Gasteiger partial charge in [-0.25, -0.2) is 0 Å². The molecule has 1 atom stereocenters. The number of hydrogen-bond acceptors (Lipinski definition) is 3. The quantitative estimate of drug-likeness (QED) is 0.364. The Morgan fingerprint density at radius 2 is 2.12 bits per heavy atom. The molecule has 0 fully saturated rings. The number of ether oxygens (including phenoxy) is 1. The molecular weight excluding hydrogens is 134 g/mol. The van der Waals surface area contributed by atoms with Crippen molar-refractivity contribution in [2.45, 2.75) is 13.0 Å². The summed E-state index contributed by atoms with van der Waals surface area (Å²) in [6.45, 7) is 1.58. The number of hydrogen-bond donors (Lipinski definition) is 1. The zero-order valence-corrected chi connectivity index (χ0v) is 4.47. The fourth-order valence-electron chi connectivity index (χ4n) is 0.186. The van der Waals surface area contributed by atoms with E-state index in [1.807, 2.05) is 0 Å². The molecule has 0 amide bonds. The van der Waals surface area contributed by atoms with E-state index in [9.17, 15) is 4.79 Å². The number of esters is 1. The first-order valence-electron chi connectivity index (χ1n) is 2.02. The molecule has 0 unspecified atom stereocenters. The van der Waals surface area contributed by atoms with Gasteiger partial charge in [0.1, 0.15) is 6.04 Å². The van der Waals surface area contributed by atoms with Gasteiger partial charge in [-0.2, -0.15) is 0 Å². The number of methoxy groups -OCH3 is 1. The van der Waals surface area contributed by atoms with Crippen molar-refractivity contribution in [2.75, 3.05) is 7.11 Å². The Labute approximate surface area is 78.6 Å². The van der Waals surface area contributed by atoms with Crippen molar-refractivity contribution in [1.29, 1.82) is 0 Å². The van der Waals surface area contributed by atoms with Gasteiger partial charge in [0.2, 0.25) is 0 Å². The van der Waals surface area contributed by atoms with Crippen LogP contribution in [0, 0.1) is 0 Å². The first-order chi connectivity index (χ1) is 3.18. The Bertz CT molecular complexity index is 74.4. The fraction of sp³-hybridized carbons (Fsp3) is 0.750. The van der Waals surface area contributed by atoms with Gasteiger partial charge in [0.05, 0.1) is 7.11 Å². The van der Waals surface area contributed by atoms with Gasteiger partial charge >= 0.3 is 43.7 Å². The molecule has 0 radical (unpaired) electrons. The summed E-state index contributed by atoms with van der Waals surface area (Å²) in [4.78, 5) is 10.2. The maximum atomic E-state index is 10.2. The molecule has 0 aromatic carbocycles. The average Bonchev–Trinajstić information content (AvgIpc) is 1.65. The third kappa shape index (κ3) is 4.84. The maximum absolute atomic E-state index is 10.2. The molecule has 0 aromatic rings. The van der Waals surface area contributed by atoms with Crippen LogP contribution in [0.4, 0.5) is 0 Å². The van der Waals surface area contributed by atoms with Crippen LogP contribution in [0.5, 0.6) is 0 Å². The van der Waals surface area contributed by atoms with Crippen LogP contribution in [0.1, 0.15) is 6.92 Å². The molecule has 0 aliphatic carbocycles. The molecule has 8 heavy (non-hydrogen) atoms. The van der Waals surface area contributed by atoms with E-state index in [2.05, 4.69) is 4.74 Å². The number of carbonyl (C=O) groups is 1. The number of rotatable bonds is 1. The molecule has 46 valence electrons. The van der Waals surface area contributed by atoms with Gasteiger partial charge in [0, 0.05) is 0 Å². The van der Waals surface area contributed by atoms with Crippen molar-refractivity contribution >= 4 is 43.7 Å². The van der Waals surface area contributed by atoms with Crippen LogP contribution in [0.25, 0.3) is 0 Å². The van der Waals surface area contributed by atoms with Crippen LogP contribution in [0.15, 0.2) is 0 Å². The van der Waals surface area contributed by atoms with E-state index in [-0.39, 0.29) is 43.7 Å². The third-order valence-corrected chi connectivity index (χ3v) is 0.573. The number of carbonyl (C=O) groups excluding carboxylic acids is 1. The van der Waals surface area contributed by atoms with Crippen LogP contribution in [0.3, 0.4) is 0 Å². The van der Waals surface area contributed by atoms with E-state index in [0.717, 1.165) is 0 Å². The molecule has 0 aliphatic rings. The molecule has 0 saturated carbocycles. The van der Waals surface area contributed by atoms with E-state index in [1.54, 1.807) is 6.92 Å². The summed E-state index contributed by atoms with van der Waals surface area (Å²) < 4.78 is 4.25. The van der Waals surface area contributed by atoms with Gasteiger partial charge in [-0.3, -0.25) is 4.79 Å². The van der Waals surface area contributed by atoms with Crippen LogP contribution >= 0.6 is 0 Å². The predicted molar refractivity (Wildman–Crippen MR) is 34.2 cm³/mol. The second-order valence-corrected chi connectivity index (χ2v) is 1.31. The summed E-state index contributed by atoms with van der Waals surface area (Å²) in [7, 11) is 1.31. The average molecular weight is 145 g/mol. The Hall–Kier alpha value is 0.690. The van der Waals surface area contributed by atoms with Crippen molar-refractivity contribution in [3.05, 3.63) is 0 Å². The monoisotopic (exact) mass is 145 g/mol. The standard InChI is InChI=1S/C4H9NO2.Ca.2H/c1-3(5)4(6)7-2;;;/h3H,5H2,1-2H3;;;/t3-;;;/m0.../s1. The first-order valence-corrected chi connectivity index (χ1v) is 2.02. The van der Waals surface area contributed by atoms with Crippen molar-refractivity contribution in [3.63, 3.8) is 0 Å². The molecule has 2 N–H and O–H groups in total. The van der Waals surface area contributed by atoms with Gasteiger partial charge in [0.15, 0.2) is 0 Å². The molecule has 0 rings (SSSR count). The molecule has 0 bridgehead atoms. The Morgan fingerprint density at radius 3 is 2.12 bits per heavy atom. The molecule has 0 aromatic heterocycles. The predicted octanol–water partition coefficient (Wildman–Crippen LogP) is -1.41. The number of nitrogens with two attached hydrogens (primary N) is 1. The van der Waals surface area contributed by atoms with Gasteiger partial charge in [-0.15, -0.1) is 0 Å². The van der Waals surface area contributed by atoms with Crippen LogP contribution in [0.2, 0.25) is 0 Å². The zero-order valence-electron chi connectivity index (χ0n) is 4.47. The molecular formula is C4H11CaNO2. The SMILES string of the molecule is COC(=O)[C@H](C)N.[CaH2]. The summed E-state index contributed by atoms with van der Waals surface area (Å²) >= 11 is 0. The minimum absolute atomic E-state index is 0. The normalized spacial score (nSPS) is 11.4. The third-order valence-electron chi connectivity index (χ3n) is 0.573. The Kier molecular flexibility index (Phi) is 8.35. The van der Waals surface area contributed by atoms with Crippen LogP contribution in [-0.4, -0.2) is 56.9 Å². The first kappa shape index (κ1) is 11.5. The van der Waals surface area contributed by atoms with Gasteiger partial charge in [-0.1, -0.05) is 0 Å². The van der Waals surface area contributed by atoms with E-state index in [1.165, 1.54) is 7.11 Å². The van der Waals surface area contributed by atoms with Crippen molar-refractivity contribution < 1.29 is 9.53 Å². The topological polar surface area (TPSA) is 52.3 Å². The Morgan fingerprint density at radius 1 is 1.75 bits per heavy atom. The summed E-state index contributed by atoms with van der Waals surface area (Å²) in [6, 6.07) is -0.495. The second kappa shape index (κ2) is 5.82. The van der Waals surface area contributed by atoms with E-state index in [4.69, 9.17) is 5.73 Å². The molecule has 0 spiro atoms. The van der Waals surface area contributed by atoms with Gasteiger partial charge in [0.25, 0.3) is 0 Å². The van der Waals surface area contributed by atoms with Crippen molar-refractivity contribution in [1.82, 2.24) is 0 Å². The van der Waals surface area contributed by atoms with E-state index in [0.29, 0.717) is 0 Å². The van der Waals surface area contributed by atoms with E-state index < -0.39 is 6.04 Å². The summed E-state index contributed by atoms with van der Waals surface area (Å²) in [6.07, 6.45) is 0. The molecule has 4 heteroatoms. The molecule has 0 aliphatic heterocycles. The van der Waals surface area contributed by atoms with Gasteiger partial charge < -0.3 is 10.5 Å². The van der Waals surface area contributed by atoms with Crippen LogP contribution in [-0.2, 0) is 9.53 Å². The minimum atomic E-state index is -0.495. The fourth-order valence-corrected chi connectivity index (χ4v) is 0.186. The second-order valence-electron chi connectivity index (χ2n) is 1.31. The van der Waals surface area contributed by atoms with E-state index >= 15 is 0 Å². The molecule has 3 nitrogen and oxygen atoms in total. The molecule has 0 saturated heterocycles. The van der Waals surface area contributed by atoms with Crippen molar-refractivity contribution in [2.24, 2.45) is 5.73 Å². The summed E-state index contributed by atoms with van der Waals surface area (Å²) in [5, 5.41) is 0. The zero-order chi connectivity index (χ0) is 5.86. The van der Waals surface area contributed by atoms with Crippen molar-refractivity contribution in [3.8, 4) is 0 Å². The van der Waals surface area contributed by atoms with Crippen LogP contribution < -0.4 is 5.73 Å². The summed E-state index contributed by atoms with van der Waals surface area (Å²) in [5.74, 6) is -0.375. The summed E-state index contributed by atoms with van der Waals surface area (Å²) in [5.41, 5.74) is 5.07.